The zero-order chi connectivity index (χ0) is 14.9. The van der Waals surface area contributed by atoms with E-state index in [1.54, 1.807) is 0 Å². The highest BCUT2D eigenvalue weighted by Crippen LogP contribution is 2.27. The Morgan fingerprint density at radius 3 is 2.70 bits per heavy atom. The largest absolute Gasteiger partial charge is 0.478 e. The molecule has 0 saturated carbocycles. The Balaban J connectivity index is 2.31. The van der Waals surface area contributed by atoms with Crippen molar-refractivity contribution in [2.24, 2.45) is 11.7 Å². The summed E-state index contributed by atoms with van der Waals surface area (Å²) in [6.45, 7) is 1.25. The summed E-state index contributed by atoms with van der Waals surface area (Å²) in [6.07, 6.45) is 0.733. The van der Waals surface area contributed by atoms with E-state index in [0.29, 0.717) is 19.6 Å². The molecule has 20 heavy (non-hydrogen) atoms. The molecule has 0 amide bonds. The minimum atomic E-state index is -3.65. The van der Waals surface area contributed by atoms with Crippen LogP contribution in [0.5, 0.6) is 0 Å². The van der Waals surface area contributed by atoms with Crippen LogP contribution >= 0.6 is 11.6 Å². The molecule has 0 spiro atoms. The van der Waals surface area contributed by atoms with Crippen molar-refractivity contribution in [2.75, 3.05) is 19.6 Å². The Labute approximate surface area is 122 Å². The second-order valence-electron chi connectivity index (χ2n) is 4.70. The highest BCUT2D eigenvalue weighted by molar-refractivity contribution is 7.89. The number of rotatable bonds is 4. The summed E-state index contributed by atoms with van der Waals surface area (Å²) in [6, 6.07) is 3.64. The van der Waals surface area contributed by atoms with Crippen LogP contribution < -0.4 is 5.73 Å². The third kappa shape index (κ3) is 2.80. The van der Waals surface area contributed by atoms with Crippen LogP contribution in [-0.4, -0.2) is 43.4 Å². The van der Waals surface area contributed by atoms with Crippen LogP contribution in [0.25, 0.3) is 0 Å². The number of nitrogens with two attached hydrogens (primary N) is 1. The van der Waals surface area contributed by atoms with Gasteiger partial charge >= 0.3 is 5.97 Å². The van der Waals surface area contributed by atoms with Gasteiger partial charge in [-0.25, -0.2) is 13.2 Å². The van der Waals surface area contributed by atoms with Gasteiger partial charge in [0.15, 0.2) is 0 Å². The minimum absolute atomic E-state index is 0.00479. The quantitative estimate of drug-likeness (QED) is 0.862. The molecule has 3 N–H and O–H groups in total. The third-order valence-electron chi connectivity index (χ3n) is 3.39. The van der Waals surface area contributed by atoms with E-state index in [1.807, 2.05) is 0 Å². The SMILES string of the molecule is NCC1CCN(S(=O)(=O)c2ccc(C(=O)O)c(Cl)c2)C1. The maximum absolute atomic E-state index is 12.4. The van der Waals surface area contributed by atoms with E-state index in [2.05, 4.69) is 0 Å². The molecule has 110 valence electrons. The number of halogens is 1. The van der Waals surface area contributed by atoms with Gasteiger partial charge < -0.3 is 10.8 Å². The Morgan fingerprint density at radius 2 is 2.20 bits per heavy atom. The van der Waals surface area contributed by atoms with Crippen LogP contribution in [0.2, 0.25) is 5.02 Å². The molecule has 0 aromatic heterocycles. The number of hydrogen-bond acceptors (Lipinski definition) is 4. The van der Waals surface area contributed by atoms with Crippen molar-refractivity contribution in [1.82, 2.24) is 4.31 Å². The molecule has 1 aliphatic rings. The van der Waals surface area contributed by atoms with Crippen LogP contribution in [0, 0.1) is 5.92 Å². The molecule has 1 fully saturated rings. The lowest BCUT2D eigenvalue weighted by molar-refractivity contribution is 0.0697. The van der Waals surface area contributed by atoms with Crippen molar-refractivity contribution >= 4 is 27.6 Å². The van der Waals surface area contributed by atoms with Gasteiger partial charge in [-0.05, 0) is 37.1 Å². The van der Waals surface area contributed by atoms with Gasteiger partial charge in [0.25, 0.3) is 0 Å². The second-order valence-corrected chi connectivity index (χ2v) is 7.05. The van der Waals surface area contributed by atoms with Crippen LogP contribution in [0.1, 0.15) is 16.8 Å². The number of benzene rings is 1. The molecule has 8 heteroatoms. The van der Waals surface area contributed by atoms with Crippen LogP contribution in [0.15, 0.2) is 23.1 Å². The lowest BCUT2D eigenvalue weighted by Crippen LogP contribution is -2.30. The Kier molecular flexibility index (Phi) is 4.33. The van der Waals surface area contributed by atoms with Crippen molar-refractivity contribution < 1.29 is 18.3 Å². The van der Waals surface area contributed by atoms with Crippen molar-refractivity contribution in [3.05, 3.63) is 28.8 Å². The summed E-state index contributed by atoms with van der Waals surface area (Å²) in [5, 5.41) is 8.79. The van der Waals surface area contributed by atoms with E-state index in [4.69, 9.17) is 22.4 Å². The van der Waals surface area contributed by atoms with Gasteiger partial charge in [-0.1, -0.05) is 11.6 Å². The molecule has 6 nitrogen and oxygen atoms in total. The van der Waals surface area contributed by atoms with E-state index < -0.39 is 16.0 Å². The summed E-state index contributed by atoms with van der Waals surface area (Å²) in [7, 11) is -3.65. The number of nitrogens with zero attached hydrogens (tertiary/aromatic N) is 1. The maximum atomic E-state index is 12.4. The predicted molar refractivity (Wildman–Crippen MR) is 74.3 cm³/mol. The normalized spacial score (nSPS) is 20.2. The first-order chi connectivity index (χ1) is 9.36. The summed E-state index contributed by atoms with van der Waals surface area (Å²) in [5.41, 5.74) is 5.43. The van der Waals surface area contributed by atoms with Crippen LogP contribution in [0.3, 0.4) is 0 Å². The predicted octanol–water partition coefficient (Wildman–Crippen LogP) is 1.01. The van der Waals surface area contributed by atoms with E-state index in [9.17, 15) is 13.2 Å². The molecular formula is C12H15ClN2O4S. The van der Waals surface area contributed by atoms with E-state index in [1.165, 1.54) is 22.5 Å². The van der Waals surface area contributed by atoms with Crippen LogP contribution in [-0.2, 0) is 10.0 Å². The van der Waals surface area contributed by atoms with E-state index in [0.717, 1.165) is 6.42 Å². The van der Waals surface area contributed by atoms with Gasteiger partial charge in [0, 0.05) is 13.1 Å². The first-order valence-electron chi connectivity index (χ1n) is 6.09. The fourth-order valence-corrected chi connectivity index (χ4v) is 4.07. The monoisotopic (exact) mass is 318 g/mol. The Morgan fingerprint density at radius 1 is 1.50 bits per heavy atom. The summed E-state index contributed by atoms with van der Waals surface area (Å²) in [4.78, 5) is 10.9. The average Bonchev–Trinajstić information content (AvgIpc) is 2.87. The lowest BCUT2D eigenvalue weighted by Gasteiger charge is -2.16. The summed E-state index contributed by atoms with van der Waals surface area (Å²) < 4.78 is 26.2. The Bertz CT molecular complexity index is 632. The highest BCUT2D eigenvalue weighted by atomic mass is 35.5. The van der Waals surface area contributed by atoms with Crippen molar-refractivity contribution in [3.8, 4) is 0 Å². The number of aromatic carboxylic acids is 1. The minimum Gasteiger partial charge on any atom is -0.478 e. The number of carboxylic acids is 1. The van der Waals surface area contributed by atoms with Gasteiger partial charge in [-0.2, -0.15) is 4.31 Å². The van der Waals surface area contributed by atoms with Crippen LogP contribution in [0.4, 0.5) is 0 Å². The zero-order valence-corrected chi connectivity index (χ0v) is 12.2. The highest BCUT2D eigenvalue weighted by Gasteiger charge is 2.32. The van der Waals surface area contributed by atoms with Crippen molar-refractivity contribution in [1.29, 1.82) is 0 Å². The van der Waals surface area contributed by atoms with E-state index in [-0.39, 0.29) is 21.4 Å². The molecule has 2 rings (SSSR count). The molecule has 1 saturated heterocycles. The first kappa shape index (κ1) is 15.2. The van der Waals surface area contributed by atoms with Gasteiger partial charge in [0.2, 0.25) is 10.0 Å². The van der Waals surface area contributed by atoms with E-state index >= 15 is 0 Å². The van der Waals surface area contributed by atoms with Gasteiger partial charge in [0.05, 0.1) is 15.5 Å². The number of carboxylic acid groups (broad SMARTS) is 1. The molecule has 1 aromatic rings. The topological polar surface area (TPSA) is 101 Å². The molecule has 1 unspecified atom stereocenters. The van der Waals surface area contributed by atoms with Gasteiger partial charge in [-0.15, -0.1) is 0 Å². The molecule has 0 radical (unpaired) electrons. The molecule has 0 bridgehead atoms. The molecule has 1 aromatic carbocycles. The molecule has 0 aliphatic carbocycles. The Hall–Kier alpha value is -1.15. The molecule has 1 heterocycles. The van der Waals surface area contributed by atoms with Crippen molar-refractivity contribution in [2.45, 2.75) is 11.3 Å². The summed E-state index contributed by atoms with van der Waals surface area (Å²) >= 11 is 5.81. The third-order valence-corrected chi connectivity index (χ3v) is 5.56. The second kappa shape index (κ2) is 5.69. The van der Waals surface area contributed by atoms with Crippen molar-refractivity contribution in [3.63, 3.8) is 0 Å². The standard InChI is InChI=1S/C12H15ClN2O4S/c13-11-5-9(1-2-10(11)12(16)17)20(18,19)15-4-3-8(6-14)7-15/h1-2,5,8H,3-4,6-7,14H2,(H,16,17). The molecular weight excluding hydrogens is 304 g/mol. The fraction of sp³-hybridized carbons (Fsp3) is 0.417. The number of sulfonamides is 1. The van der Waals surface area contributed by atoms with Gasteiger partial charge in [0.1, 0.15) is 0 Å². The molecule has 1 aliphatic heterocycles. The number of carbonyl (C=O) groups is 1. The smallest absolute Gasteiger partial charge is 0.337 e. The van der Waals surface area contributed by atoms with Gasteiger partial charge in [-0.3, -0.25) is 0 Å². The maximum Gasteiger partial charge on any atom is 0.337 e. The summed E-state index contributed by atoms with van der Waals surface area (Å²) in [5.74, 6) is -1.03. The average molecular weight is 319 g/mol. The zero-order valence-electron chi connectivity index (χ0n) is 10.6. The lowest BCUT2D eigenvalue weighted by atomic mass is 10.1. The molecule has 1 atom stereocenters. The fourth-order valence-electron chi connectivity index (χ4n) is 2.19. The number of hydrogen-bond donors (Lipinski definition) is 2. The first-order valence-corrected chi connectivity index (χ1v) is 7.91.